The minimum atomic E-state index is -1.17. The van der Waals surface area contributed by atoms with Gasteiger partial charge in [0.2, 0.25) is 11.8 Å². The maximum absolute atomic E-state index is 13.3. The highest BCUT2D eigenvalue weighted by Crippen LogP contribution is 2.43. The van der Waals surface area contributed by atoms with Gasteiger partial charge in [-0.3, -0.25) is 9.59 Å². The number of aromatic amines is 1. The zero-order valence-electron chi connectivity index (χ0n) is 16.4. The lowest BCUT2D eigenvalue weighted by Gasteiger charge is -2.37. The Bertz CT molecular complexity index is 1220. The van der Waals surface area contributed by atoms with Crippen molar-refractivity contribution in [3.8, 4) is 0 Å². The van der Waals surface area contributed by atoms with Crippen molar-refractivity contribution in [1.82, 2.24) is 9.88 Å². The third-order valence-electron chi connectivity index (χ3n) is 5.78. The number of benzene rings is 2. The van der Waals surface area contributed by atoms with Crippen LogP contribution in [0.25, 0.3) is 16.5 Å². The molecule has 0 spiro atoms. The molecule has 5 rings (SSSR count). The highest BCUT2D eigenvalue weighted by Gasteiger charge is 2.47. The number of fused-ring (bicyclic) bond motifs is 2. The Labute approximate surface area is 183 Å². The van der Waals surface area contributed by atoms with Crippen molar-refractivity contribution in [2.24, 2.45) is 0 Å². The lowest BCUT2D eigenvalue weighted by Crippen LogP contribution is -2.54. The number of nitrogens with zero attached hydrogens (tertiary/aromatic N) is 1. The molecular formula is C23H20ClN3O2S. The van der Waals surface area contributed by atoms with Gasteiger partial charge in [0.1, 0.15) is 0 Å². The second-order valence-corrected chi connectivity index (χ2v) is 9.61. The maximum Gasteiger partial charge on any atom is 0.250 e. The Hall–Kier alpha value is -2.70. The summed E-state index contributed by atoms with van der Waals surface area (Å²) in [6.07, 6.45) is 4.81. The van der Waals surface area contributed by atoms with Crippen LogP contribution in [0.2, 0.25) is 5.02 Å². The molecule has 1 unspecified atom stereocenters. The smallest absolute Gasteiger partial charge is 0.250 e. The van der Waals surface area contributed by atoms with Crippen molar-refractivity contribution in [1.29, 1.82) is 0 Å². The topological polar surface area (TPSA) is 65.2 Å². The molecule has 152 valence electrons. The molecule has 2 amide bonds. The summed E-state index contributed by atoms with van der Waals surface area (Å²) in [5.74, 6) is -0.417. The Morgan fingerprint density at radius 1 is 1.23 bits per heavy atom. The molecule has 2 N–H and O–H groups in total. The molecule has 0 bridgehead atoms. The number of rotatable bonds is 2. The van der Waals surface area contributed by atoms with Gasteiger partial charge >= 0.3 is 0 Å². The number of thioether (sulfide) groups is 1. The standard InChI is InChI=1S/C23H20ClN3O2S/c1-23(21(28)26-18-4-2-3-5-20(18)30-23)22(29)27-10-8-14(9-11-27)17-13-25-19-12-15(24)6-7-16(17)19/h2-8,12-13,25H,9-11H2,1H3,(H,26,28). The van der Waals surface area contributed by atoms with Crippen LogP contribution in [0, 0.1) is 0 Å². The molecule has 1 atom stereocenters. The third kappa shape index (κ3) is 3.11. The van der Waals surface area contributed by atoms with Gasteiger partial charge < -0.3 is 15.2 Å². The van der Waals surface area contributed by atoms with Crippen LogP contribution >= 0.6 is 23.4 Å². The molecule has 0 aliphatic carbocycles. The number of hydrogen-bond donors (Lipinski definition) is 2. The van der Waals surface area contributed by atoms with E-state index in [-0.39, 0.29) is 11.8 Å². The summed E-state index contributed by atoms with van der Waals surface area (Å²) in [5, 5.41) is 4.71. The molecule has 1 aromatic heterocycles. The largest absolute Gasteiger partial charge is 0.361 e. The highest BCUT2D eigenvalue weighted by molar-refractivity contribution is 8.02. The molecule has 5 nitrogen and oxygen atoms in total. The quantitative estimate of drug-likeness (QED) is 0.558. The van der Waals surface area contributed by atoms with Gasteiger partial charge in [-0.2, -0.15) is 0 Å². The lowest BCUT2D eigenvalue weighted by molar-refractivity contribution is -0.137. The number of carbonyl (C=O) groups excluding carboxylic acids is 2. The van der Waals surface area contributed by atoms with E-state index in [9.17, 15) is 9.59 Å². The minimum absolute atomic E-state index is 0.152. The molecular weight excluding hydrogens is 418 g/mol. The van der Waals surface area contributed by atoms with Crippen LogP contribution in [0.15, 0.2) is 59.6 Å². The predicted molar refractivity (Wildman–Crippen MR) is 122 cm³/mol. The number of hydrogen-bond acceptors (Lipinski definition) is 3. The Morgan fingerprint density at radius 3 is 2.87 bits per heavy atom. The first kappa shape index (κ1) is 19.3. The number of nitrogens with one attached hydrogen (secondary N) is 2. The van der Waals surface area contributed by atoms with E-state index in [4.69, 9.17) is 11.6 Å². The van der Waals surface area contributed by atoms with Gasteiger partial charge in [0.15, 0.2) is 4.75 Å². The zero-order valence-corrected chi connectivity index (χ0v) is 17.9. The van der Waals surface area contributed by atoms with Gasteiger partial charge in [-0.1, -0.05) is 47.6 Å². The van der Waals surface area contributed by atoms with E-state index in [0.717, 1.165) is 33.5 Å². The van der Waals surface area contributed by atoms with E-state index in [0.29, 0.717) is 18.1 Å². The van der Waals surface area contributed by atoms with Crippen LogP contribution < -0.4 is 5.32 Å². The Kier molecular flexibility index (Phi) is 4.64. The summed E-state index contributed by atoms with van der Waals surface area (Å²) >= 11 is 7.41. The van der Waals surface area contributed by atoms with Gasteiger partial charge in [-0.05, 0) is 43.2 Å². The third-order valence-corrected chi connectivity index (χ3v) is 7.36. The van der Waals surface area contributed by atoms with Gasteiger partial charge in [0.25, 0.3) is 0 Å². The number of halogens is 1. The summed E-state index contributed by atoms with van der Waals surface area (Å²) in [5.41, 5.74) is 4.10. The fraction of sp³-hybridized carbons (Fsp3) is 0.217. The monoisotopic (exact) mass is 437 g/mol. The predicted octanol–water partition coefficient (Wildman–Crippen LogP) is 4.94. The van der Waals surface area contributed by atoms with E-state index in [1.807, 2.05) is 48.7 Å². The molecule has 3 aromatic rings. The first-order chi connectivity index (χ1) is 14.5. The van der Waals surface area contributed by atoms with Gasteiger partial charge in [0, 0.05) is 45.7 Å². The number of H-pyrrole nitrogens is 1. The zero-order chi connectivity index (χ0) is 20.9. The van der Waals surface area contributed by atoms with Gasteiger partial charge in [-0.15, -0.1) is 0 Å². The van der Waals surface area contributed by atoms with Crippen LogP contribution in [0.1, 0.15) is 18.9 Å². The SMILES string of the molecule is CC1(C(=O)N2CC=C(c3c[nH]c4cc(Cl)ccc34)CC2)Sc2ccccc2NC1=O. The first-order valence-corrected chi connectivity index (χ1v) is 11.0. The number of amides is 2. The maximum atomic E-state index is 13.3. The first-order valence-electron chi connectivity index (χ1n) is 9.80. The fourth-order valence-electron chi connectivity index (χ4n) is 4.07. The Morgan fingerprint density at radius 2 is 2.07 bits per heavy atom. The minimum Gasteiger partial charge on any atom is -0.361 e. The number of aromatic nitrogens is 1. The van der Waals surface area contributed by atoms with E-state index in [1.54, 1.807) is 11.8 Å². The summed E-state index contributed by atoms with van der Waals surface area (Å²) in [4.78, 5) is 32.1. The molecule has 0 fully saturated rings. The molecule has 7 heteroatoms. The van der Waals surface area contributed by atoms with Crippen LogP contribution in [0.5, 0.6) is 0 Å². The van der Waals surface area contributed by atoms with E-state index < -0.39 is 4.75 Å². The van der Waals surface area contributed by atoms with E-state index in [1.165, 1.54) is 17.3 Å². The molecule has 2 aliphatic heterocycles. The second-order valence-electron chi connectivity index (χ2n) is 7.71. The molecule has 0 saturated heterocycles. The van der Waals surface area contributed by atoms with E-state index in [2.05, 4.69) is 16.4 Å². The number of para-hydroxylation sites is 1. The van der Waals surface area contributed by atoms with Crippen molar-refractivity contribution >= 4 is 57.3 Å². The summed E-state index contributed by atoms with van der Waals surface area (Å²) in [7, 11) is 0. The molecule has 0 radical (unpaired) electrons. The molecule has 30 heavy (non-hydrogen) atoms. The van der Waals surface area contributed by atoms with Crippen molar-refractivity contribution in [3.05, 3.63) is 65.3 Å². The summed E-state index contributed by atoms with van der Waals surface area (Å²) < 4.78 is -1.17. The molecule has 2 aromatic carbocycles. The number of carbonyl (C=O) groups is 2. The van der Waals surface area contributed by atoms with Gasteiger partial charge in [0.05, 0.1) is 5.69 Å². The van der Waals surface area contributed by atoms with Crippen LogP contribution in [0.3, 0.4) is 0 Å². The molecule has 2 aliphatic rings. The molecule has 3 heterocycles. The lowest BCUT2D eigenvalue weighted by atomic mass is 9.97. The summed E-state index contributed by atoms with van der Waals surface area (Å²) in [6, 6.07) is 13.4. The van der Waals surface area contributed by atoms with Crippen molar-refractivity contribution in [2.75, 3.05) is 18.4 Å². The fourth-order valence-corrected chi connectivity index (χ4v) is 5.42. The average molecular weight is 438 g/mol. The van der Waals surface area contributed by atoms with Crippen LogP contribution in [-0.4, -0.2) is 39.5 Å². The molecule has 0 saturated carbocycles. The van der Waals surface area contributed by atoms with Gasteiger partial charge in [-0.25, -0.2) is 0 Å². The van der Waals surface area contributed by atoms with Crippen molar-refractivity contribution < 1.29 is 9.59 Å². The van der Waals surface area contributed by atoms with Crippen molar-refractivity contribution in [2.45, 2.75) is 23.0 Å². The van der Waals surface area contributed by atoms with Crippen molar-refractivity contribution in [3.63, 3.8) is 0 Å². The number of anilines is 1. The normalized spacial score (nSPS) is 21.2. The van der Waals surface area contributed by atoms with E-state index >= 15 is 0 Å². The average Bonchev–Trinajstić information content (AvgIpc) is 3.17. The second kappa shape index (κ2) is 7.22. The van der Waals surface area contributed by atoms with Crippen LogP contribution in [0.4, 0.5) is 5.69 Å². The van der Waals surface area contributed by atoms with Crippen LogP contribution in [-0.2, 0) is 9.59 Å². The summed E-state index contributed by atoms with van der Waals surface area (Å²) in [6.45, 7) is 2.78. The highest BCUT2D eigenvalue weighted by atomic mass is 35.5. The Balaban J connectivity index is 1.37.